The van der Waals surface area contributed by atoms with Gasteiger partial charge in [0.25, 0.3) is 0 Å². The fourth-order valence-electron chi connectivity index (χ4n) is 3.63. The van der Waals surface area contributed by atoms with Gasteiger partial charge in [-0.1, -0.05) is 25.8 Å². The highest BCUT2D eigenvalue weighted by Crippen LogP contribution is 2.32. The van der Waals surface area contributed by atoms with Crippen molar-refractivity contribution < 1.29 is 4.74 Å². The van der Waals surface area contributed by atoms with Crippen LogP contribution in [0.2, 0.25) is 0 Å². The van der Waals surface area contributed by atoms with Gasteiger partial charge in [0.15, 0.2) is 0 Å². The molecule has 0 saturated heterocycles. The Bertz CT molecular complexity index is 469. The van der Waals surface area contributed by atoms with Gasteiger partial charge in [-0.15, -0.1) is 0 Å². The van der Waals surface area contributed by atoms with Crippen molar-refractivity contribution in [3.05, 3.63) is 28.8 Å². The Kier molecular flexibility index (Phi) is 5.69. The fraction of sp³-hybridized carbons (Fsp3) is 0.684. The summed E-state index contributed by atoms with van der Waals surface area (Å²) in [5.74, 6) is 1.91. The van der Waals surface area contributed by atoms with E-state index < -0.39 is 0 Å². The van der Waals surface area contributed by atoms with Gasteiger partial charge in [0.2, 0.25) is 0 Å². The number of aryl methyl sites for hydroxylation is 2. The monoisotopic (exact) mass is 289 g/mol. The SMILES string of the molecule is CCCC1CCC(NC)C(Oc2cc(C)cc(C)c2C)C1. The summed E-state index contributed by atoms with van der Waals surface area (Å²) in [6.45, 7) is 8.78. The molecule has 3 atom stereocenters. The Morgan fingerprint density at radius 2 is 1.95 bits per heavy atom. The van der Waals surface area contributed by atoms with Crippen LogP contribution in [-0.4, -0.2) is 19.2 Å². The van der Waals surface area contributed by atoms with E-state index in [9.17, 15) is 0 Å². The Morgan fingerprint density at radius 1 is 1.19 bits per heavy atom. The number of rotatable bonds is 5. The van der Waals surface area contributed by atoms with Crippen molar-refractivity contribution in [1.82, 2.24) is 5.32 Å². The van der Waals surface area contributed by atoms with Crippen LogP contribution in [0.25, 0.3) is 0 Å². The van der Waals surface area contributed by atoms with Gasteiger partial charge in [-0.2, -0.15) is 0 Å². The molecule has 1 N–H and O–H groups in total. The first-order chi connectivity index (χ1) is 10.0. The van der Waals surface area contributed by atoms with Crippen LogP contribution in [0.3, 0.4) is 0 Å². The van der Waals surface area contributed by atoms with Crippen LogP contribution in [0.15, 0.2) is 12.1 Å². The van der Waals surface area contributed by atoms with Crippen LogP contribution in [0.1, 0.15) is 55.7 Å². The second-order valence-electron chi connectivity index (χ2n) is 6.72. The first kappa shape index (κ1) is 16.4. The zero-order valence-corrected chi connectivity index (χ0v) is 14.3. The van der Waals surface area contributed by atoms with E-state index in [1.807, 2.05) is 0 Å². The van der Waals surface area contributed by atoms with Gasteiger partial charge in [0, 0.05) is 6.04 Å². The first-order valence-electron chi connectivity index (χ1n) is 8.46. The largest absolute Gasteiger partial charge is 0.489 e. The summed E-state index contributed by atoms with van der Waals surface area (Å²) in [6, 6.07) is 4.91. The van der Waals surface area contributed by atoms with E-state index in [1.54, 1.807) is 0 Å². The molecule has 2 heteroatoms. The lowest BCUT2D eigenvalue weighted by molar-refractivity contribution is 0.0859. The van der Waals surface area contributed by atoms with Crippen LogP contribution in [0, 0.1) is 26.7 Å². The Hall–Kier alpha value is -1.02. The minimum atomic E-state index is 0.306. The molecule has 118 valence electrons. The summed E-state index contributed by atoms with van der Waals surface area (Å²) in [7, 11) is 2.07. The smallest absolute Gasteiger partial charge is 0.123 e. The van der Waals surface area contributed by atoms with E-state index in [0.717, 1.165) is 11.7 Å². The lowest BCUT2D eigenvalue weighted by Gasteiger charge is -2.36. The van der Waals surface area contributed by atoms with Gasteiger partial charge in [-0.3, -0.25) is 0 Å². The van der Waals surface area contributed by atoms with Gasteiger partial charge in [-0.25, -0.2) is 0 Å². The summed E-state index contributed by atoms with van der Waals surface area (Å²) in [5.41, 5.74) is 3.90. The van der Waals surface area contributed by atoms with Crippen LogP contribution >= 0.6 is 0 Å². The molecule has 2 nitrogen and oxygen atoms in total. The molecule has 1 aromatic rings. The topological polar surface area (TPSA) is 21.3 Å². The van der Waals surface area contributed by atoms with Gasteiger partial charge in [0.1, 0.15) is 11.9 Å². The number of nitrogens with one attached hydrogen (secondary N) is 1. The lowest BCUT2D eigenvalue weighted by atomic mass is 9.81. The third-order valence-corrected chi connectivity index (χ3v) is 5.01. The third kappa shape index (κ3) is 4.00. The molecule has 1 fully saturated rings. The number of ether oxygens (including phenoxy) is 1. The molecule has 21 heavy (non-hydrogen) atoms. The van der Waals surface area contributed by atoms with Crippen molar-refractivity contribution in [2.24, 2.45) is 5.92 Å². The minimum Gasteiger partial charge on any atom is -0.489 e. The predicted molar refractivity (Wildman–Crippen MR) is 90.2 cm³/mol. The Morgan fingerprint density at radius 3 is 2.62 bits per heavy atom. The van der Waals surface area contributed by atoms with Crippen LogP contribution in [-0.2, 0) is 0 Å². The molecule has 0 bridgehead atoms. The van der Waals surface area contributed by atoms with Crippen molar-refractivity contribution in [3.8, 4) is 5.75 Å². The van der Waals surface area contributed by atoms with E-state index in [1.165, 1.54) is 48.8 Å². The zero-order chi connectivity index (χ0) is 15.4. The maximum atomic E-state index is 6.47. The minimum absolute atomic E-state index is 0.306. The van der Waals surface area contributed by atoms with Crippen molar-refractivity contribution in [3.63, 3.8) is 0 Å². The maximum absolute atomic E-state index is 6.47. The average Bonchev–Trinajstić information content (AvgIpc) is 2.45. The summed E-state index contributed by atoms with van der Waals surface area (Å²) in [4.78, 5) is 0. The van der Waals surface area contributed by atoms with Crippen LogP contribution in [0.4, 0.5) is 0 Å². The van der Waals surface area contributed by atoms with Gasteiger partial charge in [0.05, 0.1) is 0 Å². The van der Waals surface area contributed by atoms with E-state index >= 15 is 0 Å². The third-order valence-electron chi connectivity index (χ3n) is 5.01. The molecule has 1 aliphatic rings. The van der Waals surface area contributed by atoms with Crippen LogP contribution in [0.5, 0.6) is 5.75 Å². The molecule has 0 radical (unpaired) electrons. The molecular weight excluding hydrogens is 258 g/mol. The van der Waals surface area contributed by atoms with Crippen molar-refractivity contribution in [2.75, 3.05) is 7.05 Å². The second kappa shape index (κ2) is 7.31. The molecular formula is C19H31NO. The van der Waals surface area contributed by atoms with Crippen molar-refractivity contribution in [2.45, 2.75) is 71.9 Å². The number of benzene rings is 1. The first-order valence-corrected chi connectivity index (χ1v) is 8.46. The summed E-state index contributed by atoms with van der Waals surface area (Å²) in [6.07, 6.45) is 6.68. The Labute approximate surface area is 130 Å². The molecule has 1 aromatic carbocycles. The van der Waals surface area contributed by atoms with Crippen LogP contribution < -0.4 is 10.1 Å². The summed E-state index contributed by atoms with van der Waals surface area (Å²) in [5, 5.41) is 3.46. The molecule has 2 rings (SSSR count). The van der Waals surface area contributed by atoms with Crippen molar-refractivity contribution >= 4 is 0 Å². The lowest BCUT2D eigenvalue weighted by Crippen LogP contribution is -2.45. The molecule has 1 saturated carbocycles. The highest BCUT2D eigenvalue weighted by atomic mass is 16.5. The molecule has 0 aliphatic heterocycles. The van der Waals surface area contributed by atoms with Gasteiger partial charge < -0.3 is 10.1 Å². The average molecular weight is 289 g/mol. The Balaban J connectivity index is 2.14. The highest BCUT2D eigenvalue weighted by Gasteiger charge is 2.31. The molecule has 3 unspecified atom stereocenters. The van der Waals surface area contributed by atoms with E-state index in [2.05, 4.69) is 52.2 Å². The highest BCUT2D eigenvalue weighted by molar-refractivity contribution is 5.42. The molecule has 0 amide bonds. The molecule has 0 heterocycles. The number of hydrogen-bond acceptors (Lipinski definition) is 2. The quantitative estimate of drug-likeness (QED) is 0.858. The van der Waals surface area contributed by atoms with E-state index in [4.69, 9.17) is 4.74 Å². The van der Waals surface area contributed by atoms with Gasteiger partial charge in [-0.05, 0) is 75.8 Å². The maximum Gasteiger partial charge on any atom is 0.123 e. The van der Waals surface area contributed by atoms with Crippen molar-refractivity contribution in [1.29, 1.82) is 0 Å². The number of hydrogen-bond donors (Lipinski definition) is 1. The van der Waals surface area contributed by atoms with E-state index in [0.29, 0.717) is 12.1 Å². The standard InChI is InChI=1S/C19H31NO/c1-6-7-16-8-9-17(20-5)19(12-16)21-18-11-13(2)10-14(3)15(18)4/h10-11,16-17,19-20H,6-9,12H2,1-5H3. The number of likely N-dealkylation sites (N-methyl/N-ethyl adjacent to an activating group) is 1. The summed E-state index contributed by atoms with van der Waals surface area (Å²) < 4.78 is 6.47. The zero-order valence-electron chi connectivity index (χ0n) is 14.3. The second-order valence-corrected chi connectivity index (χ2v) is 6.72. The van der Waals surface area contributed by atoms with Gasteiger partial charge >= 0.3 is 0 Å². The predicted octanol–water partition coefficient (Wildman–Crippen LogP) is 4.55. The normalized spacial score (nSPS) is 25.9. The molecule has 1 aliphatic carbocycles. The van der Waals surface area contributed by atoms with E-state index in [-0.39, 0.29) is 0 Å². The summed E-state index contributed by atoms with van der Waals surface area (Å²) >= 11 is 0. The molecule has 0 aromatic heterocycles. The molecule has 0 spiro atoms. The fourth-order valence-corrected chi connectivity index (χ4v) is 3.63.